The molecule has 0 aromatic heterocycles. The van der Waals surface area contributed by atoms with Gasteiger partial charge < -0.3 is 14.6 Å². The molecular weight excluding hydrogens is 136 g/mol. The standard InChI is InChI=1S/C6H8O4/c1-9-4-6(8)3-2-5(7)10-6/h2-3,8H,4H2,1H3/t6-/m1/s1. The van der Waals surface area contributed by atoms with Gasteiger partial charge in [0.15, 0.2) is 0 Å². The number of aliphatic hydroxyl groups is 1. The predicted molar refractivity (Wildman–Crippen MR) is 32.1 cm³/mol. The summed E-state index contributed by atoms with van der Waals surface area (Å²) in [6, 6.07) is 0. The highest BCUT2D eigenvalue weighted by Crippen LogP contribution is 2.15. The molecule has 1 N–H and O–H groups in total. The van der Waals surface area contributed by atoms with Gasteiger partial charge in [-0.25, -0.2) is 4.79 Å². The van der Waals surface area contributed by atoms with Gasteiger partial charge in [-0.1, -0.05) is 0 Å². The Labute approximate surface area is 58.1 Å². The van der Waals surface area contributed by atoms with Gasteiger partial charge in [0, 0.05) is 13.2 Å². The number of esters is 1. The fourth-order valence-corrected chi connectivity index (χ4v) is 0.725. The summed E-state index contributed by atoms with van der Waals surface area (Å²) in [6.45, 7) is -0.0325. The van der Waals surface area contributed by atoms with Gasteiger partial charge in [-0.2, -0.15) is 0 Å². The Morgan fingerprint density at radius 1 is 1.90 bits per heavy atom. The third-order valence-corrected chi connectivity index (χ3v) is 1.11. The maximum atomic E-state index is 10.4. The lowest BCUT2D eigenvalue weighted by molar-refractivity contribution is -0.191. The van der Waals surface area contributed by atoms with Crippen molar-refractivity contribution in [1.82, 2.24) is 0 Å². The minimum Gasteiger partial charge on any atom is -0.424 e. The van der Waals surface area contributed by atoms with Gasteiger partial charge in [-0.3, -0.25) is 0 Å². The third-order valence-electron chi connectivity index (χ3n) is 1.11. The second kappa shape index (κ2) is 2.40. The highest BCUT2D eigenvalue weighted by atomic mass is 16.7. The third kappa shape index (κ3) is 1.34. The Balaban J connectivity index is 2.56. The maximum Gasteiger partial charge on any atom is 0.333 e. The molecule has 0 aromatic rings. The van der Waals surface area contributed by atoms with Gasteiger partial charge in [0.1, 0.15) is 6.61 Å². The fraction of sp³-hybridized carbons (Fsp3) is 0.500. The lowest BCUT2D eigenvalue weighted by atomic mass is 10.3. The van der Waals surface area contributed by atoms with E-state index in [0.717, 1.165) is 0 Å². The largest absolute Gasteiger partial charge is 0.424 e. The number of ether oxygens (including phenoxy) is 2. The first kappa shape index (κ1) is 7.24. The Kier molecular flexibility index (Phi) is 1.74. The molecule has 56 valence electrons. The van der Waals surface area contributed by atoms with E-state index in [4.69, 9.17) is 0 Å². The summed E-state index contributed by atoms with van der Waals surface area (Å²) < 4.78 is 9.07. The zero-order valence-corrected chi connectivity index (χ0v) is 5.53. The average molecular weight is 144 g/mol. The van der Waals surface area contributed by atoms with Crippen molar-refractivity contribution in [3.8, 4) is 0 Å². The van der Waals surface area contributed by atoms with E-state index in [1.165, 1.54) is 19.3 Å². The number of rotatable bonds is 2. The van der Waals surface area contributed by atoms with Crippen LogP contribution in [0.3, 0.4) is 0 Å². The molecule has 0 amide bonds. The minimum absolute atomic E-state index is 0.0325. The molecule has 10 heavy (non-hydrogen) atoms. The second-order valence-corrected chi connectivity index (χ2v) is 2.03. The molecule has 1 aliphatic rings. The first-order chi connectivity index (χ1) is 4.66. The molecule has 0 bridgehead atoms. The number of hydrogen-bond donors (Lipinski definition) is 1. The first-order valence-corrected chi connectivity index (χ1v) is 2.80. The van der Waals surface area contributed by atoms with Crippen molar-refractivity contribution in [1.29, 1.82) is 0 Å². The van der Waals surface area contributed by atoms with Crippen molar-refractivity contribution in [3.05, 3.63) is 12.2 Å². The van der Waals surface area contributed by atoms with Crippen LogP contribution in [0.15, 0.2) is 12.2 Å². The van der Waals surface area contributed by atoms with Crippen LogP contribution in [0.25, 0.3) is 0 Å². The van der Waals surface area contributed by atoms with Crippen LogP contribution in [-0.4, -0.2) is 30.6 Å². The molecule has 1 atom stereocenters. The molecular formula is C6H8O4. The molecule has 1 heterocycles. The van der Waals surface area contributed by atoms with Crippen molar-refractivity contribution < 1.29 is 19.4 Å². The summed E-state index contributed by atoms with van der Waals surface area (Å²) in [5, 5.41) is 9.21. The highest BCUT2D eigenvalue weighted by Gasteiger charge is 2.32. The van der Waals surface area contributed by atoms with E-state index in [9.17, 15) is 9.90 Å². The molecule has 1 rings (SSSR count). The first-order valence-electron chi connectivity index (χ1n) is 2.80. The molecule has 0 saturated heterocycles. The lowest BCUT2D eigenvalue weighted by Gasteiger charge is -2.17. The zero-order chi connectivity index (χ0) is 7.61. The van der Waals surface area contributed by atoms with E-state index >= 15 is 0 Å². The Hall–Kier alpha value is -0.870. The lowest BCUT2D eigenvalue weighted by Crippen LogP contribution is -2.32. The fourth-order valence-electron chi connectivity index (χ4n) is 0.725. The van der Waals surface area contributed by atoms with Crippen molar-refractivity contribution in [2.45, 2.75) is 5.79 Å². The van der Waals surface area contributed by atoms with Crippen LogP contribution in [0.5, 0.6) is 0 Å². The van der Waals surface area contributed by atoms with E-state index in [1.54, 1.807) is 0 Å². The van der Waals surface area contributed by atoms with Crippen molar-refractivity contribution in [3.63, 3.8) is 0 Å². The molecule has 0 fully saturated rings. The maximum absolute atomic E-state index is 10.4. The minimum atomic E-state index is -1.54. The van der Waals surface area contributed by atoms with Gasteiger partial charge in [-0.05, 0) is 6.08 Å². The monoisotopic (exact) mass is 144 g/mol. The molecule has 0 unspecified atom stereocenters. The summed E-state index contributed by atoms with van der Waals surface area (Å²) in [7, 11) is 1.41. The quantitative estimate of drug-likeness (QED) is 0.527. The summed E-state index contributed by atoms with van der Waals surface area (Å²) >= 11 is 0. The Morgan fingerprint density at radius 2 is 2.60 bits per heavy atom. The molecule has 0 aliphatic carbocycles. The van der Waals surface area contributed by atoms with Crippen LogP contribution in [0.2, 0.25) is 0 Å². The Bertz CT molecular complexity index is 175. The molecule has 4 nitrogen and oxygen atoms in total. The number of cyclic esters (lactones) is 1. The number of carbonyl (C=O) groups excluding carboxylic acids is 1. The van der Waals surface area contributed by atoms with Gasteiger partial charge in [0.2, 0.25) is 0 Å². The van der Waals surface area contributed by atoms with E-state index < -0.39 is 11.8 Å². The topological polar surface area (TPSA) is 55.8 Å². The SMILES string of the molecule is COC[C@@]1(O)C=CC(=O)O1. The summed E-state index contributed by atoms with van der Waals surface area (Å²) in [6.07, 6.45) is 2.43. The highest BCUT2D eigenvalue weighted by molar-refractivity contribution is 5.84. The second-order valence-electron chi connectivity index (χ2n) is 2.03. The van der Waals surface area contributed by atoms with E-state index in [2.05, 4.69) is 9.47 Å². The van der Waals surface area contributed by atoms with Crippen LogP contribution >= 0.6 is 0 Å². The molecule has 0 aromatic carbocycles. The average Bonchev–Trinajstić information content (AvgIpc) is 2.12. The van der Waals surface area contributed by atoms with E-state index in [0.29, 0.717) is 0 Å². The predicted octanol–water partition coefficient (Wildman–Crippen LogP) is -0.566. The van der Waals surface area contributed by atoms with Crippen LogP contribution in [0, 0.1) is 0 Å². The molecule has 0 radical (unpaired) electrons. The smallest absolute Gasteiger partial charge is 0.333 e. The Morgan fingerprint density at radius 3 is 3.00 bits per heavy atom. The number of hydrogen-bond acceptors (Lipinski definition) is 4. The van der Waals surface area contributed by atoms with E-state index in [-0.39, 0.29) is 6.61 Å². The van der Waals surface area contributed by atoms with Crippen LogP contribution in [0.1, 0.15) is 0 Å². The summed E-state index contributed by atoms with van der Waals surface area (Å²) in [4.78, 5) is 10.4. The summed E-state index contributed by atoms with van der Waals surface area (Å²) in [5.41, 5.74) is 0. The van der Waals surface area contributed by atoms with Gasteiger partial charge >= 0.3 is 5.97 Å². The van der Waals surface area contributed by atoms with Crippen LogP contribution in [0.4, 0.5) is 0 Å². The normalized spacial score (nSPS) is 30.8. The number of carbonyl (C=O) groups is 1. The van der Waals surface area contributed by atoms with Crippen molar-refractivity contribution >= 4 is 5.97 Å². The van der Waals surface area contributed by atoms with Crippen molar-refractivity contribution in [2.24, 2.45) is 0 Å². The van der Waals surface area contributed by atoms with Crippen LogP contribution < -0.4 is 0 Å². The molecule has 1 aliphatic heterocycles. The molecule has 4 heteroatoms. The van der Waals surface area contributed by atoms with Gasteiger partial charge in [-0.15, -0.1) is 0 Å². The van der Waals surface area contributed by atoms with Crippen molar-refractivity contribution in [2.75, 3.05) is 13.7 Å². The number of methoxy groups -OCH3 is 1. The van der Waals surface area contributed by atoms with E-state index in [1.807, 2.05) is 0 Å². The summed E-state index contributed by atoms with van der Waals surface area (Å²) in [5.74, 6) is -2.08. The van der Waals surface area contributed by atoms with Gasteiger partial charge in [0.25, 0.3) is 5.79 Å². The molecule has 0 saturated carbocycles. The zero-order valence-electron chi connectivity index (χ0n) is 5.53. The molecule has 0 spiro atoms. The van der Waals surface area contributed by atoms with Gasteiger partial charge in [0.05, 0.1) is 0 Å². The van der Waals surface area contributed by atoms with Crippen LogP contribution in [-0.2, 0) is 14.3 Å².